The molecule has 1 aromatic rings. The molecule has 78 valence electrons. The van der Waals surface area contributed by atoms with Crippen molar-refractivity contribution in [2.24, 2.45) is 0 Å². The Bertz CT molecular complexity index is 244. The first kappa shape index (κ1) is 12.6. The number of aliphatic hydroxyl groups is 2. The summed E-state index contributed by atoms with van der Waals surface area (Å²) in [5, 5.41) is 15.2. The lowest BCUT2D eigenvalue weighted by molar-refractivity contribution is -0.131. The molecule has 4 nitrogen and oxygen atoms in total. The zero-order chi connectivity index (χ0) is 10.8. The highest BCUT2D eigenvalue weighted by molar-refractivity contribution is 5.69. The molecule has 2 N–H and O–H groups in total. The maximum absolute atomic E-state index is 10.4. The van der Waals surface area contributed by atoms with Crippen LogP contribution in [0.3, 0.4) is 0 Å². The predicted octanol–water partition coefficient (Wildman–Crippen LogP) is 0.583. The van der Waals surface area contributed by atoms with E-state index < -0.39 is 0 Å². The fourth-order valence-electron chi connectivity index (χ4n) is 0.655. The SMILES string of the molecule is CC(=O)Oc1ccccc1.OCCO. The van der Waals surface area contributed by atoms with Crippen LogP contribution < -0.4 is 4.74 Å². The van der Waals surface area contributed by atoms with Gasteiger partial charge in [-0.25, -0.2) is 0 Å². The Labute approximate surface area is 82.8 Å². The molecule has 0 unspecified atom stereocenters. The molecule has 0 saturated heterocycles. The van der Waals surface area contributed by atoms with Crippen LogP contribution in [0.25, 0.3) is 0 Å². The van der Waals surface area contributed by atoms with E-state index in [-0.39, 0.29) is 19.2 Å². The molecule has 0 bridgehead atoms. The van der Waals surface area contributed by atoms with Gasteiger partial charge in [-0.15, -0.1) is 0 Å². The van der Waals surface area contributed by atoms with E-state index in [4.69, 9.17) is 14.9 Å². The van der Waals surface area contributed by atoms with Gasteiger partial charge in [-0.2, -0.15) is 0 Å². The lowest BCUT2D eigenvalue weighted by Crippen LogP contribution is -2.00. The van der Waals surface area contributed by atoms with Gasteiger partial charge in [-0.3, -0.25) is 4.79 Å². The first-order valence-corrected chi connectivity index (χ1v) is 4.16. The van der Waals surface area contributed by atoms with Crippen LogP contribution in [0.2, 0.25) is 0 Å². The van der Waals surface area contributed by atoms with Gasteiger partial charge in [0.1, 0.15) is 5.75 Å². The highest BCUT2D eigenvalue weighted by Gasteiger charge is 1.92. The Morgan fingerprint density at radius 3 is 2.07 bits per heavy atom. The number of hydrogen-bond acceptors (Lipinski definition) is 4. The summed E-state index contributed by atoms with van der Waals surface area (Å²) in [4.78, 5) is 10.4. The number of para-hydroxylation sites is 1. The smallest absolute Gasteiger partial charge is 0.308 e. The van der Waals surface area contributed by atoms with Gasteiger partial charge in [0.05, 0.1) is 13.2 Å². The van der Waals surface area contributed by atoms with E-state index in [9.17, 15) is 4.79 Å². The van der Waals surface area contributed by atoms with E-state index in [1.54, 1.807) is 12.1 Å². The van der Waals surface area contributed by atoms with Gasteiger partial charge in [0.25, 0.3) is 0 Å². The number of ether oxygens (including phenoxy) is 1. The molecule has 0 aliphatic carbocycles. The van der Waals surface area contributed by atoms with E-state index >= 15 is 0 Å². The number of aliphatic hydroxyl groups excluding tert-OH is 2. The van der Waals surface area contributed by atoms with Gasteiger partial charge < -0.3 is 14.9 Å². The quantitative estimate of drug-likeness (QED) is 0.539. The highest BCUT2D eigenvalue weighted by atomic mass is 16.5. The second-order valence-electron chi connectivity index (χ2n) is 2.35. The average molecular weight is 198 g/mol. The van der Waals surface area contributed by atoms with Crippen LogP contribution in [0, 0.1) is 0 Å². The summed E-state index contributed by atoms with van der Waals surface area (Å²) >= 11 is 0. The summed E-state index contributed by atoms with van der Waals surface area (Å²) in [5.41, 5.74) is 0. The molecule has 4 heteroatoms. The molecule has 0 spiro atoms. The Hall–Kier alpha value is -1.39. The molecule has 0 aliphatic heterocycles. The van der Waals surface area contributed by atoms with Crippen LogP contribution in [0.4, 0.5) is 0 Å². The second kappa shape index (κ2) is 8.22. The van der Waals surface area contributed by atoms with Crippen LogP contribution in [0.5, 0.6) is 5.75 Å². The van der Waals surface area contributed by atoms with E-state index in [2.05, 4.69) is 0 Å². The summed E-state index contributed by atoms with van der Waals surface area (Å²) in [7, 11) is 0. The molecule has 14 heavy (non-hydrogen) atoms. The molecule has 0 saturated carbocycles. The number of rotatable bonds is 2. The topological polar surface area (TPSA) is 66.8 Å². The van der Waals surface area contributed by atoms with Crippen LogP contribution >= 0.6 is 0 Å². The number of benzene rings is 1. The van der Waals surface area contributed by atoms with Crippen LogP contribution in [0.15, 0.2) is 30.3 Å². The van der Waals surface area contributed by atoms with Crippen molar-refractivity contribution in [3.8, 4) is 5.75 Å². The summed E-state index contributed by atoms with van der Waals surface area (Å²) < 4.78 is 4.78. The fourth-order valence-corrected chi connectivity index (χ4v) is 0.655. The standard InChI is InChI=1S/C8H8O2.C2H6O2/c1-7(9)10-8-5-3-2-4-6-8;3-1-2-4/h2-6H,1H3;3-4H,1-2H2. The number of esters is 1. The maximum atomic E-state index is 10.4. The molecule has 0 heterocycles. The molecule has 0 fully saturated rings. The molecule has 0 aromatic heterocycles. The minimum Gasteiger partial charge on any atom is -0.427 e. The van der Waals surface area contributed by atoms with Gasteiger partial charge >= 0.3 is 5.97 Å². The van der Waals surface area contributed by atoms with Crippen molar-refractivity contribution in [1.82, 2.24) is 0 Å². The van der Waals surface area contributed by atoms with E-state index in [0.717, 1.165) is 0 Å². The third-order valence-electron chi connectivity index (χ3n) is 1.10. The Balaban J connectivity index is 0.000000364. The normalized spacial score (nSPS) is 8.50. The summed E-state index contributed by atoms with van der Waals surface area (Å²) in [6.45, 7) is 1.13. The van der Waals surface area contributed by atoms with Gasteiger partial charge in [0.15, 0.2) is 0 Å². The van der Waals surface area contributed by atoms with Crippen LogP contribution in [0.1, 0.15) is 6.92 Å². The minimum atomic E-state index is -0.286. The lowest BCUT2D eigenvalue weighted by Gasteiger charge is -1.97. The van der Waals surface area contributed by atoms with Crippen molar-refractivity contribution in [3.05, 3.63) is 30.3 Å². The zero-order valence-corrected chi connectivity index (χ0v) is 8.01. The zero-order valence-electron chi connectivity index (χ0n) is 8.01. The van der Waals surface area contributed by atoms with Gasteiger partial charge in [0, 0.05) is 6.92 Å². The maximum Gasteiger partial charge on any atom is 0.308 e. The predicted molar refractivity (Wildman–Crippen MR) is 51.9 cm³/mol. The molecular weight excluding hydrogens is 184 g/mol. The van der Waals surface area contributed by atoms with Gasteiger partial charge in [-0.05, 0) is 12.1 Å². The molecule has 0 aliphatic rings. The van der Waals surface area contributed by atoms with Crippen LogP contribution in [-0.2, 0) is 4.79 Å². The second-order valence-corrected chi connectivity index (χ2v) is 2.35. The van der Waals surface area contributed by atoms with Gasteiger partial charge in [-0.1, -0.05) is 18.2 Å². The van der Waals surface area contributed by atoms with Gasteiger partial charge in [0.2, 0.25) is 0 Å². The monoisotopic (exact) mass is 198 g/mol. The van der Waals surface area contributed by atoms with Crippen molar-refractivity contribution in [2.75, 3.05) is 13.2 Å². The summed E-state index contributed by atoms with van der Waals surface area (Å²) in [5.74, 6) is 0.307. The van der Waals surface area contributed by atoms with Crippen molar-refractivity contribution < 1.29 is 19.7 Å². The van der Waals surface area contributed by atoms with Crippen molar-refractivity contribution in [2.45, 2.75) is 6.92 Å². The molecule has 0 amide bonds. The molecular formula is C10H14O4. The molecule has 1 rings (SSSR count). The fraction of sp³-hybridized carbons (Fsp3) is 0.300. The van der Waals surface area contributed by atoms with Crippen LogP contribution in [-0.4, -0.2) is 29.4 Å². The number of carbonyl (C=O) groups excluding carboxylic acids is 1. The first-order chi connectivity index (χ1) is 6.70. The molecule has 0 radical (unpaired) electrons. The molecule has 0 atom stereocenters. The third kappa shape index (κ3) is 7.27. The lowest BCUT2D eigenvalue weighted by atomic mass is 10.3. The van der Waals surface area contributed by atoms with E-state index in [1.807, 2.05) is 18.2 Å². The van der Waals surface area contributed by atoms with Crippen molar-refractivity contribution in [1.29, 1.82) is 0 Å². The third-order valence-corrected chi connectivity index (χ3v) is 1.10. The summed E-state index contributed by atoms with van der Waals surface area (Å²) in [6, 6.07) is 8.98. The highest BCUT2D eigenvalue weighted by Crippen LogP contribution is 2.07. The van der Waals surface area contributed by atoms with E-state index in [1.165, 1.54) is 6.92 Å². The summed E-state index contributed by atoms with van der Waals surface area (Å²) in [6.07, 6.45) is 0. The van der Waals surface area contributed by atoms with Crippen molar-refractivity contribution in [3.63, 3.8) is 0 Å². The molecule has 1 aromatic carbocycles. The largest absolute Gasteiger partial charge is 0.427 e. The number of hydrogen-bond donors (Lipinski definition) is 2. The average Bonchev–Trinajstić information content (AvgIpc) is 2.19. The Morgan fingerprint density at radius 2 is 1.71 bits per heavy atom. The number of carbonyl (C=O) groups is 1. The Kier molecular flexibility index (Phi) is 7.40. The first-order valence-electron chi connectivity index (χ1n) is 4.16. The Morgan fingerprint density at radius 1 is 1.21 bits per heavy atom. The van der Waals surface area contributed by atoms with Crippen molar-refractivity contribution >= 4 is 5.97 Å². The minimum absolute atomic E-state index is 0.125. The van der Waals surface area contributed by atoms with E-state index in [0.29, 0.717) is 5.75 Å².